The number of aryl methyl sites for hydroxylation is 1. The highest BCUT2D eigenvalue weighted by atomic mass is 32.1. The zero-order valence-electron chi connectivity index (χ0n) is 20.3. The van der Waals surface area contributed by atoms with Crippen molar-refractivity contribution in [2.45, 2.75) is 51.0 Å². The van der Waals surface area contributed by atoms with Gasteiger partial charge in [0.1, 0.15) is 10.9 Å². The fraction of sp³-hybridized carbons (Fsp3) is 0.370. The number of carbonyl (C=O) groups is 1. The molecule has 0 bridgehead atoms. The van der Waals surface area contributed by atoms with Gasteiger partial charge in [0.25, 0.3) is 0 Å². The summed E-state index contributed by atoms with van der Waals surface area (Å²) in [4.78, 5) is 16.3. The fourth-order valence-corrected chi connectivity index (χ4v) is 6.16. The molecule has 1 fully saturated rings. The Morgan fingerprint density at radius 3 is 2.81 bits per heavy atom. The fourth-order valence-electron chi connectivity index (χ4n) is 5.12. The number of nitrogens with zero attached hydrogens (tertiary/aromatic N) is 4. The van der Waals surface area contributed by atoms with E-state index in [9.17, 15) is 23.2 Å². The van der Waals surface area contributed by atoms with Crippen molar-refractivity contribution in [1.29, 1.82) is 5.26 Å². The number of hydrogen-bond acceptors (Lipinski definition) is 5. The van der Waals surface area contributed by atoms with Crippen LogP contribution < -0.4 is 5.32 Å². The highest BCUT2D eigenvalue weighted by Crippen LogP contribution is 2.44. The summed E-state index contributed by atoms with van der Waals surface area (Å²) in [6.07, 6.45) is 2.33. The predicted molar refractivity (Wildman–Crippen MR) is 135 cm³/mol. The van der Waals surface area contributed by atoms with E-state index in [1.807, 2.05) is 18.2 Å². The minimum absolute atomic E-state index is 0.0119. The van der Waals surface area contributed by atoms with Gasteiger partial charge in [0.2, 0.25) is 5.91 Å². The molecule has 0 aliphatic carbocycles. The predicted octanol–water partition coefficient (Wildman–Crippen LogP) is 5.30. The Labute approximate surface area is 217 Å². The Balaban J connectivity index is 1.57. The summed E-state index contributed by atoms with van der Waals surface area (Å²) < 4.78 is 43.1. The number of benzene rings is 1. The van der Waals surface area contributed by atoms with Crippen LogP contribution >= 0.6 is 11.3 Å². The molecule has 192 valence electrons. The molecule has 2 aliphatic rings. The van der Waals surface area contributed by atoms with Crippen molar-refractivity contribution in [3.63, 3.8) is 0 Å². The first-order chi connectivity index (χ1) is 17.8. The number of aromatic nitrogens is 2. The molecule has 5 rings (SSSR count). The zero-order valence-corrected chi connectivity index (χ0v) is 21.1. The third kappa shape index (κ3) is 5.06. The van der Waals surface area contributed by atoms with Gasteiger partial charge in [-0.3, -0.25) is 9.48 Å². The smallest absolute Gasteiger partial charge is 0.333 e. The maximum absolute atomic E-state index is 14.0. The van der Waals surface area contributed by atoms with Crippen LogP contribution in [0, 0.1) is 11.3 Å². The third-order valence-electron chi connectivity index (χ3n) is 6.93. The molecule has 1 N–H and O–H groups in total. The number of carbonyl (C=O) groups excluding carboxylic acids is 1. The molecule has 4 heterocycles. The summed E-state index contributed by atoms with van der Waals surface area (Å²) in [6.45, 7) is 3.64. The Morgan fingerprint density at radius 1 is 1.30 bits per heavy atom. The second-order valence-corrected chi connectivity index (χ2v) is 10.4. The molecule has 0 radical (unpaired) electrons. The van der Waals surface area contributed by atoms with Crippen LogP contribution in [0.3, 0.4) is 0 Å². The quantitative estimate of drug-likeness (QED) is 0.459. The minimum Gasteiger partial charge on any atom is -0.333 e. The van der Waals surface area contributed by atoms with E-state index < -0.39 is 11.9 Å². The van der Waals surface area contributed by atoms with Crippen LogP contribution in [0.15, 0.2) is 48.7 Å². The number of alkyl halides is 3. The SMILES string of the molecule is CCn1cc(-c2ccccc2[C@H]2CN(C(=O)/C=C/C3CCCN3)Cc3sc(C#N)cc32)c(C(F)(F)F)n1. The van der Waals surface area contributed by atoms with Crippen LogP contribution in [0.2, 0.25) is 0 Å². The topological polar surface area (TPSA) is 74.0 Å². The van der Waals surface area contributed by atoms with Crippen LogP contribution in [0.25, 0.3) is 11.1 Å². The number of hydrogen-bond donors (Lipinski definition) is 1. The number of nitrogens with one attached hydrogen (secondary N) is 1. The standard InChI is InChI=1S/C27H26F3N5OS/c1-2-35-15-23(26(33-35)27(28,29)30)20-8-4-3-7-19(20)22-14-34(16-24-21(22)12-18(13-31)37-24)25(36)10-9-17-6-5-11-32-17/h3-4,7-10,12,15,17,22,32H,2,5-6,11,14,16H2,1H3/b10-9+/t17?,22-/m1/s1. The van der Waals surface area contributed by atoms with E-state index >= 15 is 0 Å². The lowest BCUT2D eigenvalue weighted by atomic mass is 9.83. The van der Waals surface area contributed by atoms with Crippen molar-refractivity contribution in [3.05, 3.63) is 75.3 Å². The molecule has 1 unspecified atom stereocenters. The van der Waals surface area contributed by atoms with E-state index in [1.54, 1.807) is 36.1 Å². The van der Waals surface area contributed by atoms with Crippen molar-refractivity contribution in [2.75, 3.05) is 13.1 Å². The van der Waals surface area contributed by atoms with E-state index in [1.165, 1.54) is 22.2 Å². The lowest BCUT2D eigenvalue weighted by molar-refractivity contribution is -0.141. The minimum atomic E-state index is -4.61. The number of thiophene rings is 1. The van der Waals surface area contributed by atoms with Crippen molar-refractivity contribution in [1.82, 2.24) is 20.0 Å². The molecule has 1 amide bonds. The van der Waals surface area contributed by atoms with Gasteiger partial charge in [-0.2, -0.15) is 23.5 Å². The molecule has 2 aromatic heterocycles. The van der Waals surface area contributed by atoms with Crippen molar-refractivity contribution >= 4 is 17.2 Å². The number of halogens is 3. The highest BCUT2D eigenvalue weighted by Gasteiger charge is 2.39. The Bertz CT molecular complexity index is 1380. The summed E-state index contributed by atoms with van der Waals surface area (Å²) in [5.41, 5.74) is 1.07. The molecule has 0 spiro atoms. The second-order valence-electron chi connectivity index (χ2n) is 9.27. The Morgan fingerprint density at radius 2 is 2.11 bits per heavy atom. The van der Waals surface area contributed by atoms with Crippen LogP contribution in [-0.2, 0) is 24.1 Å². The molecule has 2 atom stereocenters. The van der Waals surface area contributed by atoms with E-state index in [2.05, 4.69) is 16.5 Å². The average Bonchev–Trinajstić information content (AvgIpc) is 3.65. The normalized spacial score (nSPS) is 19.8. The lowest BCUT2D eigenvalue weighted by Crippen LogP contribution is -2.37. The summed E-state index contributed by atoms with van der Waals surface area (Å²) in [5.74, 6) is -0.533. The molecule has 3 aromatic rings. The molecular weight excluding hydrogens is 499 g/mol. The molecule has 10 heteroatoms. The second kappa shape index (κ2) is 10.1. The number of fused-ring (bicyclic) bond motifs is 1. The van der Waals surface area contributed by atoms with Crippen LogP contribution in [0.1, 0.15) is 52.3 Å². The maximum Gasteiger partial charge on any atom is 0.435 e. The highest BCUT2D eigenvalue weighted by molar-refractivity contribution is 7.12. The van der Waals surface area contributed by atoms with E-state index in [-0.39, 0.29) is 23.4 Å². The summed E-state index contributed by atoms with van der Waals surface area (Å²) in [6, 6.07) is 11.1. The molecule has 0 saturated carbocycles. The molecule has 1 aromatic carbocycles. The summed E-state index contributed by atoms with van der Waals surface area (Å²) in [5, 5.41) is 16.7. The van der Waals surface area contributed by atoms with Gasteiger partial charge >= 0.3 is 6.18 Å². The summed E-state index contributed by atoms with van der Waals surface area (Å²) >= 11 is 1.33. The van der Waals surface area contributed by atoms with Gasteiger partial charge in [-0.25, -0.2) is 0 Å². The maximum atomic E-state index is 14.0. The monoisotopic (exact) mass is 525 g/mol. The van der Waals surface area contributed by atoms with Gasteiger partial charge in [-0.05, 0) is 49.1 Å². The van der Waals surface area contributed by atoms with Gasteiger partial charge < -0.3 is 10.2 Å². The third-order valence-corrected chi connectivity index (χ3v) is 7.97. The van der Waals surface area contributed by atoms with Crippen LogP contribution in [-0.4, -0.2) is 39.7 Å². The van der Waals surface area contributed by atoms with Crippen molar-refractivity contribution in [2.24, 2.45) is 0 Å². The van der Waals surface area contributed by atoms with Crippen molar-refractivity contribution < 1.29 is 18.0 Å². The first kappa shape index (κ1) is 25.2. The lowest BCUT2D eigenvalue weighted by Gasteiger charge is -2.33. The summed E-state index contributed by atoms with van der Waals surface area (Å²) in [7, 11) is 0. The van der Waals surface area contributed by atoms with Crippen LogP contribution in [0.5, 0.6) is 0 Å². The molecule has 2 aliphatic heterocycles. The molecule has 37 heavy (non-hydrogen) atoms. The number of amides is 1. The Hall–Kier alpha value is -3.42. The molecule has 1 saturated heterocycles. The first-order valence-corrected chi connectivity index (χ1v) is 13.1. The van der Waals surface area contributed by atoms with E-state index in [0.29, 0.717) is 35.6 Å². The van der Waals surface area contributed by atoms with Gasteiger partial charge in [-0.15, -0.1) is 11.3 Å². The van der Waals surface area contributed by atoms with Gasteiger partial charge in [0, 0.05) is 47.8 Å². The van der Waals surface area contributed by atoms with Gasteiger partial charge in [0.15, 0.2) is 5.69 Å². The Kier molecular flexibility index (Phi) is 6.92. The average molecular weight is 526 g/mol. The zero-order chi connectivity index (χ0) is 26.2. The van der Waals surface area contributed by atoms with E-state index in [4.69, 9.17) is 0 Å². The van der Waals surface area contributed by atoms with Crippen LogP contribution in [0.4, 0.5) is 13.2 Å². The van der Waals surface area contributed by atoms with Crippen molar-refractivity contribution in [3.8, 4) is 17.2 Å². The number of rotatable bonds is 5. The molecular formula is C27H26F3N5OS. The van der Waals surface area contributed by atoms with Gasteiger partial charge in [-0.1, -0.05) is 30.3 Å². The van der Waals surface area contributed by atoms with E-state index in [0.717, 1.165) is 29.8 Å². The van der Waals surface area contributed by atoms with Gasteiger partial charge in [0.05, 0.1) is 6.54 Å². The number of nitriles is 1. The largest absolute Gasteiger partial charge is 0.435 e. The first-order valence-electron chi connectivity index (χ1n) is 12.3. The molecule has 6 nitrogen and oxygen atoms in total.